The van der Waals surface area contributed by atoms with Crippen LogP contribution < -0.4 is 5.32 Å². The van der Waals surface area contributed by atoms with Crippen LogP contribution in [0, 0.1) is 5.92 Å². The number of hydrogen-bond acceptors (Lipinski definition) is 3. The first-order valence-electron chi connectivity index (χ1n) is 9.88. The Morgan fingerprint density at radius 3 is 2.43 bits per heavy atom. The van der Waals surface area contributed by atoms with Gasteiger partial charge in [0.2, 0.25) is 15.9 Å². The molecule has 0 aromatic heterocycles. The van der Waals surface area contributed by atoms with Crippen molar-refractivity contribution in [1.29, 1.82) is 0 Å². The van der Waals surface area contributed by atoms with E-state index < -0.39 is 10.0 Å². The van der Waals surface area contributed by atoms with Gasteiger partial charge in [-0.1, -0.05) is 44.2 Å². The number of carbonyl (C=O) groups excluding carboxylic acids is 1. The number of nitrogens with one attached hydrogen (secondary N) is 1. The molecule has 6 heteroatoms. The molecule has 0 aliphatic carbocycles. The number of sulfonamides is 1. The molecule has 0 unspecified atom stereocenters. The van der Waals surface area contributed by atoms with Crippen molar-refractivity contribution in [3.05, 3.63) is 60.2 Å². The zero-order chi connectivity index (χ0) is 20.1. The minimum absolute atomic E-state index is 0.0887. The average Bonchev–Trinajstić information content (AvgIpc) is 2.70. The summed E-state index contributed by atoms with van der Waals surface area (Å²) in [6.07, 6.45) is 2.65. The molecule has 1 N–H and O–H groups in total. The summed E-state index contributed by atoms with van der Waals surface area (Å²) < 4.78 is 27.3. The van der Waals surface area contributed by atoms with E-state index >= 15 is 0 Å². The molecule has 1 aliphatic rings. The highest BCUT2D eigenvalue weighted by Crippen LogP contribution is 2.25. The molecular weight excluding hydrogens is 372 g/mol. The predicted octanol–water partition coefficient (Wildman–Crippen LogP) is 4.24. The summed E-state index contributed by atoms with van der Waals surface area (Å²) in [6, 6.07) is 16.1. The van der Waals surface area contributed by atoms with Crippen LogP contribution in [0.5, 0.6) is 0 Å². The number of rotatable bonds is 6. The molecule has 0 radical (unpaired) electrons. The van der Waals surface area contributed by atoms with Crippen LogP contribution in [0.4, 0.5) is 5.69 Å². The van der Waals surface area contributed by atoms with E-state index in [1.54, 1.807) is 28.6 Å². The predicted molar refractivity (Wildman–Crippen MR) is 112 cm³/mol. The SMILES string of the molecule is CC[C@H](C(=O)Nc1ccc(S(=O)(=O)N2CCC[C@H](C)C2)cc1)c1ccccc1. The van der Waals surface area contributed by atoms with Gasteiger partial charge in [0.25, 0.3) is 0 Å². The largest absolute Gasteiger partial charge is 0.326 e. The molecule has 2 aromatic carbocycles. The van der Waals surface area contributed by atoms with Gasteiger partial charge in [0.05, 0.1) is 10.8 Å². The first kappa shape index (κ1) is 20.6. The second-order valence-corrected chi connectivity index (χ2v) is 9.43. The van der Waals surface area contributed by atoms with Crippen molar-refractivity contribution in [3.8, 4) is 0 Å². The van der Waals surface area contributed by atoms with Crippen LogP contribution in [0.25, 0.3) is 0 Å². The van der Waals surface area contributed by atoms with E-state index in [2.05, 4.69) is 12.2 Å². The Morgan fingerprint density at radius 1 is 1.14 bits per heavy atom. The van der Waals surface area contributed by atoms with Crippen molar-refractivity contribution < 1.29 is 13.2 Å². The lowest BCUT2D eigenvalue weighted by atomic mass is 9.95. The Hall–Kier alpha value is -2.18. The maximum Gasteiger partial charge on any atom is 0.243 e. The summed E-state index contributed by atoms with van der Waals surface area (Å²) in [7, 11) is -3.48. The number of nitrogens with zero attached hydrogens (tertiary/aromatic N) is 1. The highest BCUT2D eigenvalue weighted by Gasteiger charge is 2.28. The third-order valence-corrected chi connectivity index (χ3v) is 7.19. The van der Waals surface area contributed by atoms with Crippen molar-refractivity contribution >= 4 is 21.6 Å². The van der Waals surface area contributed by atoms with Gasteiger partial charge in [-0.05, 0) is 55.0 Å². The van der Waals surface area contributed by atoms with Crippen LogP contribution in [0.15, 0.2) is 59.5 Å². The molecule has 1 heterocycles. The lowest BCUT2D eigenvalue weighted by Crippen LogP contribution is -2.39. The summed E-state index contributed by atoms with van der Waals surface area (Å²) in [5.74, 6) is 0.0552. The van der Waals surface area contributed by atoms with Gasteiger partial charge in [-0.25, -0.2) is 8.42 Å². The van der Waals surface area contributed by atoms with Gasteiger partial charge < -0.3 is 5.32 Å². The summed E-state index contributed by atoms with van der Waals surface area (Å²) in [4.78, 5) is 12.9. The first-order valence-corrected chi connectivity index (χ1v) is 11.3. The summed E-state index contributed by atoms with van der Waals surface area (Å²) >= 11 is 0. The Bertz CT molecular complexity index is 895. The minimum atomic E-state index is -3.48. The molecule has 2 aromatic rings. The fraction of sp³-hybridized carbons (Fsp3) is 0.409. The Balaban J connectivity index is 1.71. The average molecular weight is 401 g/mol. The third-order valence-electron chi connectivity index (χ3n) is 5.31. The lowest BCUT2D eigenvalue weighted by molar-refractivity contribution is -0.117. The van der Waals surface area contributed by atoms with Crippen molar-refractivity contribution in [2.24, 2.45) is 5.92 Å². The van der Waals surface area contributed by atoms with Gasteiger partial charge in [-0.2, -0.15) is 4.31 Å². The van der Waals surface area contributed by atoms with E-state index in [9.17, 15) is 13.2 Å². The molecular formula is C22H28N2O3S. The maximum atomic E-state index is 12.8. The lowest BCUT2D eigenvalue weighted by Gasteiger charge is -2.30. The smallest absolute Gasteiger partial charge is 0.243 e. The monoisotopic (exact) mass is 400 g/mol. The van der Waals surface area contributed by atoms with E-state index in [1.165, 1.54) is 0 Å². The maximum absolute atomic E-state index is 12.8. The van der Waals surface area contributed by atoms with Crippen LogP contribution in [0.3, 0.4) is 0 Å². The van der Waals surface area contributed by atoms with Gasteiger partial charge in [0.15, 0.2) is 0 Å². The molecule has 1 fully saturated rings. The molecule has 150 valence electrons. The topological polar surface area (TPSA) is 66.5 Å². The van der Waals surface area contributed by atoms with E-state index in [0.717, 1.165) is 18.4 Å². The molecule has 1 aliphatic heterocycles. The number of anilines is 1. The zero-order valence-corrected chi connectivity index (χ0v) is 17.3. The van der Waals surface area contributed by atoms with Crippen molar-refractivity contribution in [3.63, 3.8) is 0 Å². The summed E-state index contributed by atoms with van der Waals surface area (Å²) in [5, 5.41) is 2.91. The summed E-state index contributed by atoms with van der Waals surface area (Å²) in [5.41, 5.74) is 1.58. The number of carbonyl (C=O) groups is 1. The molecule has 0 saturated carbocycles. The standard InChI is InChI=1S/C22H28N2O3S/c1-3-21(18-9-5-4-6-10-18)22(25)23-19-11-13-20(14-12-19)28(26,27)24-15-7-8-17(2)16-24/h4-6,9-14,17,21H,3,7-8,15-16H2,1-2H3,(H,23,25)/t17-,21-/m0/s1. The first-order chi connectivity index (χ1) is 13.4. The minimum Gasteiger partial charge on any atom is -0.326 e. The van der Waals surface area contributed by atoms with Gasteiger partial charge in [0, 0.05) is 18.8 Å². The molecule has 0 spiro atoms. The second-order valence-electron chi connectivity index (χ2n) is 7.50. The highest BCUT2D eigenvalue weighted by molar-refractivity contribution is 7.89. The molecule has 5 nitrogen and oxygen atoms in total. The molecule has 2 atom stereocenters. The van der Waals surface area contributed by atoms with Crippen LogP contribution in [0.1, 0.15) is 44.6 Å². The van der Waals surface area contributed by atoms with E-state index in [0.29, 0.717) is 31.1 Å². The molecule has 1 saturated heterocycles. The normalized spacial score (nSPS) is 19.1. The Morgan fingerprint density at radius 2 is 1.82 bits per heavy atom. The van der Waals surface area contributed by atoms with E-state index in [-0.39, 0.29) is 16.7 Å². The van der Waals surface area contributed by atoms with Crippen molar-refractivity contribution in [2.45, 2.75) is 43.9 Å². The summed E-state index contributed by atoms with van der Waals surface area (Å²) in [6.45, 7) is 5.19. The highest BCUT2D eigenvalue weighted by atomic mass is 32.2. The molecule has 1 amide bonds. The van der Waals surface area contributed by atoms with Crippen molar-refractivity contribution in [1.82, 2.24) is 4.31 Å². The van der Waals surface area contributed by atoms with E-state index in [4.69, 9.17) is 0 Å². The van der Waals surface area contributed by atoms with Crippen LogP contribution >= 0.6 is 0 Å². The fourth-order valence-electron chi connectivity index (χ4n) is 3.71. The van der Waals surface area contributed by atoms with Gasteiger partial charge in [-0.15, -0.1) is 0 Å². The van der Waals surface area contributed by atoms with Crippen LogP contribution in [0.2, 0.25) is 0 Å². The van der Waals surface area contributed by atoms with E-state index in [1.807, 2.05) is 37.3 Å². The van der Waals surface area contributed by atoms with Gasteiger partial charge in [-0.3, -0.25) is 4.79 Å². The third kappa shape index (κ3) is 4.62. The van der Waals surface area contributed by atoms with Crippen LogP contribution in [-0.4, -0.2) is 31.7 Å². The number of amides is 1. The fourth-order valence-corrected chi connectivity index (χ4v) is 5.31. The number of hydrogen-bond donors (Lipinski definition) is 1. The molecule has 3 rings (SSSR count). The number of benzene rings is 2. The van der Waals surface area contributed by atoms with Gasteiger partial charge in [0.1, 0.15) is 0 Å². The van der Waals surface area contributed by atoms with Gasteiger partial charge >= 0.3 is 0 Å². The number of piperidine rings is 1. The molecule has 28 heavy (non-hydrogen) atoms. The Labute approximate surface area is 167 Å². The van der Waals surface area contributed by atoms with Crippen molar-refractivity contribution in [2.75, 3.05) is 18.4 Å². The Kier molecular flexibility index (Phi) is 6.52. The molecule has 0 bridgehead atoms. The van der Waals surface area contributed by atoms with Crippen LogP contribution in [-0.2, 0) is 14.8 Å². The quantitative estimate of drug-likeness (QED) is 0.789. The zero-order valence-electron chi connectivity index (χ0n) is 16.5. The second kappa shape index (κ2) is 8.88.